The van der Waals surface area contributed by atoms with Crippen molar-refractivity contribution in [2.24, 2.45) is 0 Å². The Balaban J connectivity index is 1.84. The molecule has 0 aliphatic carbocycles. The van der Waals surface area contributed by atoms with Crippen LogP contribution in [0.1, 0.15) is 31.7 Å². The Hall–Kier alpha value is -2.96. The van der Waals surface area contributed by atoms with E-state index in [1.807, 2.05) is 38.3 Å². The molecule has 3 aromatic rings. The Morgan fingerprint density at radius 2 is 2.00 bits per heavy atom. The van der Waals surface area contributed by atoms with Gasteiger partial charge in [0.05, 0.1) is 5.56 Å². The summed E-state index contributed by atoms with van der Waals surface area (Å²) in [5.74, 6) is 0.414. The zero-order valence-corrected chi connectivity index (χ0v) is 15.9. The molecule has 0 bridgehead atoms. The predicted molar refractivity (Wildman–Crippen MR) is 100 cm³/mol. The van der Waals surface area contributed by atoms with Gasteiger partial charge in [-0.3, -0.25) is 4.79 Å². The molecular weight excluding hydrogens is 347 g/mol. The molecule has 0 radical (unpaired) electrons. The van der Waals surface area contributed by atoms with Gasteiger partial charge in [-0.1, -0.05) is 12.1 Å². The minimum Gasteiger partial charge on any atom is -0.352 e. The predicted octanol–water partition coefficient (Wildman–Crippen LogP) is 3.88. The van der Waals surface area contributed by atoms with E-state index in [0.29, 0.717) is 17.3 Å². The van der Waals surface area contributed by atoms with Crippen molar-refractivity contribution in [2.75, 3.05) is 0 Å². The van der Waals surface area contributed by atoms with Gasteiger partial charge in [-0.05, 0) is 57.5 Å². The SMILES string of the molecule is CC[C@@H](C)NC(=O)Cn1c(C)cc(-c2nc(-c3ccc(F)cc3)no2)c1C. The highest BCUT2D eigenvalue weighted by atomic mass is 19.1. The van der Waals surface area contributed by atoms with Crippen LogP contribution in [-0.4, -0.2) is 26.7 Å². The van der Waals surface area contributed by atoms with Crippen LogP contribution in [0.25, 0.3) is 22.8 Å². The first kappa shape index (κ1) is 18.8. The molecule has 0 aliphatic rings. The summed E-state index contributed by atoms with van der Waals surface area (Å²) >= 11 is 0. The minimum absolute atomic E-state index is 0.0322. The van der Waals surface area contributed by atoms with Crippen molar-refractivity contribution >= 4 is 5.91 Å². The maximum atomic E-state index is 13.1. The molecule has 0 saturated carbocycles. The largest absolute Gasteiger partial charge is 0.352 e. The normalized spacial score (nSPS) is 12.2. The minimum atomic E-state index is -0.318. The van der Waals surface area contributed by atoms with Crippen molar-refractivity contribution in [1.82, 2.24) is 20.0 Å². The number of halogens is 1. The van der Waals surface area contributed by atoms with Gasteiger partial charge in [-0.2, -0.15) is 4.98 Å². The topological polar surface area (TPSA) is 73.0 Å². The van der Waals surface area contributed by atoms with Crippen molar-refractivity contribution in [1.29, 1.82) is 0 Å². The van der Waals surface area contributed by atoms with Gasteiger partial charge < -0.3 is 14.4 Å². The molecule has 2 heterocycles. The Kier molecular flexibility index (Phi) is 5.39. The van der Waals surface area contributed by atoms with E-state index in [4.69, 9.17) is 4.52 Å². The van der Waals surface area contributed by atoms with Crippen LogP contribution in [0.15, 0.2) is 34.9 Å². The molecule has 142 valence electrons. The number of carbonyl (C=O) groups is 1. The molecule has 0 spiro atoms. The Morgan fingerprint density at radius 3 is 2.67 bits per heavy atom. The molecule has 3 rings (SSSR count). The van der Waals surface area contributed by atoms with Crippen LogP contribution in [0.4, 0.5) is 4.39 Å². The summed E-state index contributed by atoms with van der Waals surface area (Å²) in [6.07, 6.45) is 0.884. The van der Waals surface area contributed by atoms with Crippen LogP contribution in [0.5, 0.6) is 0 Å². The van der Waals surface area contributed by atoms with E-state index in [0.717, 1.165) is 23.4 Å². The summed E-state index contributed by atoms with van der Waals surface area (Å²) in [7, 11) is 0. The molecular formula is C20H23FN4O2. The van der Waals surface area contributed by atoms with Crippen molar-refractivity contribution in [2.45, 2.75) is 46.7 Å². The molecule has 2 aromatic heterocycles. The summed E-state index contributed by atoms with van der Waals surface area (Å²) in [5, 5.41) is 6.96. The quantitative estimate of drug-likeness (QED) is 0.715. The maximum Gasteiger partial charge on any atom is 0.260 e. The first-order chi connectivity index (χ1) is 12.9. The maximum absolute atomic E-state index is 13.1. The van der Waals surface area contributed by atoms with Crippen LogP contribution >= 0.6 is 0 Å². The second-order valence-corrected chi connectivity index (χ2v) is 6.68. The number of benzene rings is 1. The Labute approximate surface area is 157 Å². The van der Waals surface area contributed by atoms with Crippen LogP contribution in [0, 0.1) is 19.7 Å². The van der Waals surface area contributed by atoms with E-state index in [-0.39, 0.29) is 24.3 Å². The monoisotopic (exact) mass is 370 g/mol. The lowest BCUT2D eigenvalue weighted by Gasteiger charge is -2.14. The lowest BCUT2D eigenvalue weighted by molar-refractivity contribution is -0.122. The molecule has 1 amide bonds. The van der Waals surface area contributed by atoms with Gasteiger partial charge in [0.15, 0.2) is 0 Å². The van der Waals surface area contributed by atoms with Gasteiger partial charge >= 0.3 is 0 Å². The van der Waals surface area contributed by atoms with Crippen LogP contribution in [0.3, 0.4) is 0 Å². The fourth-order valence-corrected chi connectivity index (χ4v) is 2.88. The second kappa shape index (κ2) is 7.73. The number of carbonyl (C=O) groups excluding carboxylic acids is 1. The number of aromatic nitrogens is 3. The van der Waals surface area contributed by atoms with Gasteiger partial charge in [0.25, 0.3) is 5.89 Å². The third-order valence-electron chi connectivity index (χ3n) is 4.65. The van der Waals surface area contributed by atoms with Crippen molar-refractivity contribution < 1.29 is 13.7 Å². The van der Waals surface area contributed by atoms with E-state index >= 15 is 0 Å². The van der Waals surface area contributed by atoms with Crippen molar-refractivity contribution in [3.8, 4) is 22.8 Å². The third-order valence-corrected chi connectivity index (χ3v) is 4.65. The van der Waals surface area contributed by atoms with E-state index in [1.165, 1.54) is 12.1 Å². The van der Waals surface area contributed by atoms with Crippen LogP contribution in [-0.2, 0) is 11.3 Å². The molecule has 0 aliphatic heterocycles. The van der Waals surface area contributed by atoms with Gasteiger partial charge in [-0.15, -0.1) is 0 Å². The number of hydrogen-bond acceptors (Lipinski definition) is 4. The molecule has 0 fully saturated rings. The van der Waals surface area contributed by atoms with E-state index in [9.17, 15) is 9.18 Å². The standard InChI is InChI=1S/C20H23FN4O2/c1-5-12(2)22-18(26)11-25-13(3)10-17(14(25)4)20-23-19(24-27-20)15-6-8-16(21)9-7-15/h6-10,12H,5,11H2,1-4H3,(H,22,26)/t12-/m1/s1. The molecule has 0 saturated heterocycles. The molecule has 6 nitrogen and oxygen atoms in total. The first-order valence-electron chi connectivity index (χ1n) is 8.95. The highest BCUT2D eigenvalue weighted by molar-refractivity contribution is 5.76. The van der Waals surface area contributed by atoms with E-state index < -0.39 is 0 Å². The highest BCUT2D eigenvalue weighted by Gasteiger charge is 2.19. The summed E-state index contributed by atoms with van der Waals surface area (Å²) in [4.78, 5) is 16.7. The van der Waals surface area contributed by atoms with Gasteiger partial charge in [0.1, 0.15) is 12.4 Å². The zero-order valence-electron chi connectivity index (χ0n) is 15.9. The number of nitrogens with one attached hydrogen (secondary N) is 1. The fraction of sp³-hybridized carbons (Fsp3) is 0.350. The van der Waals surface area contributed by atoms with Crippen LogP contribution < -0.4 is 5.32 Å². The number of nitrogens with zero attached hydrogens (tertiary/aromatic N) is 3. The first-order valence-corrected chi connectivity index (χ1v) is 8.95. The summed E-state index contributed by atoms with van der Waals surface area (Å²) in [6.45, 7) is 8.10. The smallest absolute Gasteiger partial charge is 0.260 e. The van der Waals surface area contributed by atoms with Gasteiger partial charge in [0.2, 0.25) is 11.7 Å². The second-order valence-electron chi connectivity index (χ2n) is 6.68. The summed E-state index contributed by atoms with van der Waals surface area (Å²) in [5.41, 5.74) is 3.27. The third kappa shape index (κ3) is 4.07. The molecule has 0 unspecified atom stereocenters. The molecule has 1 aromatic carbocycles. The number of amides is 1. The molecule has 27 heavy (non-hydrogen) atoms. The number of hydrogen-bond donors (Lipinski definition) is 1. The van der Waals surface area contributed by atoms with Crippen LogP contribution in [0.2, 0.25) is 0 Å². The Bertz CT molecular complexity index is 944. The molecule has 7 heteroatoms. The van der Waals surface area contributed by atoms with Crippen molar-refractivity contribution in [3.63, 3.8) is 0 Å². The average molecular weight is 370 g/mol. The molecule has 1 atom stereocenters. The molecule has 1 N–H and O–H groups in total. The van der Waals surface area contributed by atoms with Crippen molar-refractivity contribution in [3.05, 3.63) is 47.5 Å². The zero-order chi connectivity index (χ0) is 19.6. The Morgan fingerprint density at radius 1 is 1.30 bits per heavy atom. The highest BCUT2D eigenvalue weighted by Crippen LogP contribution is 2.27. The lowest BCUT2D eigenvalue weighted by atomic mass is 10.2. The summed E-state index contributed by atoms with van der Waals surface area (Å²) in [6, 6.07) is 7.98. The fourth-order valence-electron chi connectivity index (χ4n) is 2.88. The lowest BCUT2D eigenvalue weighted by Crippen LogP contribution is -2.35. The van der Waals surface area contributed by atoms with E-state index in [2.05, 4.69) is 15.5 Å². The number of rotatable bonds is 6. The summed E-state index contributed by atoms with van der Waals surface area (Å²) < 4.78 is 20.4. The van der Waals surface area contributed by atoms with E-state index in [1.54, 1.807) is 12.1 Å². The number of aryl methyl sites for hydroxylation is 1. The van der Waals surface area contributed by atoms with Gasteiger partial charge in [0, 0.05) is 23.0 Å². The average Bonchev–Trinajstić information content (AvgIpc) is 3.22. The van der Waals surface area contributed by atoms with Gasteiger partial charge in [-0.25, -0.2) is 4.39 Å².